The molecule has 0 radical (unpaired) electrons. The Labute approximate surface area is 197 Å². The molecule has 11 heteroatoms. The lowest BCUT2D eigenvalue weighted by molar-refractivity contribution is -0.121. The molecule has 0 aliphatic carbocycles. The second-order valence-corrected chi connectivity index (χ2v) is 8.89. The lowest BCUT2D eigenvalue weighted by Gasteiger charge is -2.18. The Morgan fingerprint density at radius 2 is 2.06 bits per heavy atom. The van der Waals surface area contributed by atoms with E-state index >= 15 is 0 Å². The van der Waals surface area contributed by atoms with E-state index in [-0.39, 0.29) is 41.3 Å². The molecule has 34 heavy (non-hydrogen) atoms. The highest BCUT2D eigenvalue weighted by atomic mass is 32.1. The second kappa shape index (κ2) is 9.49. The topological polar surface area (TPSA) is 130 Å². The lowest BCUT2D eigenvalue weighted by Crippen LogP contribution is -2.42. The SMILES string of the molecule is COc1cc(-c2cc3c(s2)c(=O)n([C@@H]2CCCNC(=O)C2)c(=O)n3CCC#N)c(C#N)cc1F. The van der Waals surface area contributed by atoms with Crippen molar-refractivity contribution in [1.29, 1.82) is 10.5 Å². The number of fused-ring (bicyclic) bond motifs is 1. The van der Waals surface area contributed by atoms with Gasteiger partial charge in [0.2, 0.25) is 5.91 Å². The first kappa shape index (κ1) is 23.2. The Kier molecular flexibility index (Phi) is 6.48. The van der Waals surface area contributed by atoms with Crippen LogP contribution in [0.15, 0.2) is 27.8 Å². The normalized spacial score (nSPS) is 15.9. The van der Waals surface area contributed by atoms with Crippen molar-refractivity contribution in [2.75, 3.05) is 13.7 Å². The summed E-state index contributed by atoms with van der Waals surface area (Å²) in [6, 6.07) is 7.39. The number of aryl methyl sites for hydroxylation is 1. The van der Waals surface area contributed by atoms with Crippen LogP contribution in [0.4, 0.5) is 4.39 Å². The molecule has 3 heterocycles. The molecule has 3 aromatic rings. The standard InChI is InChI=1S/C23H20FN5O4S/c1-33-18-10-15(13(12-26)8-16(18)24)19-11-17-21(34-19)22(31)29(23(32)28(17)7-3-5-25)14-4-2-6-27-20(30)9-14/h8,10-11,14H,2-4,6-7,9H2,1H3,(H,27,30)/t14-/m1/s1. The van der Waals surface area contributed by atoms with Gasteiger partial charge in [0.05, 0.1) is 42.8 Å². The van der Waals surface area contributed by atoms with Gasteiger partial charge in [-0.15, -0.1) is 11.3 Å². The second-order valence-electron chi connectivity index (χ2n) is 7.84. The Morgan fingerprint density at radius 1 is 1.26 bits per heavy atom. The van der Waals surface area contributed by atoms with Crippen LogP contribution in [0.3, 0.4) is 0 Å². The number of aromatic nitrogens is 2. The summed E-state index contributed by atoms with van der Waals surface area (Å²) in [6.45, 7) is 0.528. The number of hydrogen-bond acceptors (Lipinski definition) is 7. The summed E-state index contributed by atoms with van der Waals surface area (Å²) in [7, 11) is 1.31. The fourth-order valence-electron chi connectivity index (χ4n) is 4.18. The van der Waals surface area contributed by atoms with Crippen LogP contribution in [-0.4, -0.2) is 28.7 Å². The first-order chi connectivity index (χ1) is 16.4. The first-order valence-electron chi connectivity index (χ1n) is 10.6. The van der Waals surface area contributed by atoms with Gasteiger partial charge in [0.1, 0.15) is 4.70 Å². The number of carbonyl (C=O) groups is 1. The van der Waals surface area contributed by atoms with Crippen LogP contribution < -0.4 is 21.3 Å². The maximum absolute atomic E-state index is 14.1. The molecule has 0 bridgehead atoms. The van der Waals surface area contributed by atoms with Crippen molar-refractivity contribution in [1.82, 2.24) is 14.5 Å². The van der Waals surface area contributed by atoms with Crippen LogP contribution in [-0.2, 0) is 11.3 Å². The van der Waals surface area contributed by atoms with Gasteiger partial charge in [-0.2, -0.15) is 10.5 Å². The van der Waals surface area contributed by atoms with Crippen molar-refractivity contribution in [3.63, 3.8) is 0 Å². The average Bonchev–Trinajstić information content (AvgIpc) is 3.15. The monoisotopic (exact) mass is 481 g/mol. The van der Waals surface area contributed by atoms with Gasteiger partial charge in [-0.25, -0.2) is 9.18 Å². The molecule has 0 spiro atoms. The molecule has 1 amide bonds. The van der Waals surface area contributed by atoms with E-state index in [4.69, 9.17) is 10.00 Å². The third-order valence-corrected chi connectivity index (χ3v) is 6.95. The molecular formula is C23H20FN5O4S. The molecule has 0 unspecified atom stereocenters. The quantitative estimate of drug-likeness (QED) is 0.596. The molecule has 2 aromatic heterocycles. The summed E-state index contributed by atoms with van der Waals surface area (Å²) >= 11 is 1.07. The number of nitriles is 2. The van der Waals surface area contributed by atoms with Gasteiger partial charge in [0.25, 0.3) is 5.56 Å². The minimum atomic E-state index is -0.691. The Bertz CT molecular complexity index is 1490. The number of hydrogen-bond donors (Lipinski definition) is 1. The van der Waals surface area contributed by atoms with Gasteiger partial charge >= 0.3 is 5.69 Å². The third kappa shape index (κ3) is 4.06. The molecule has 1 atom stereocenters. The summed E-state index contributed by atoms with van der Waals surface area (Å²) in [5.74, 6) is -0.986. The smallest absolute Gasteiger partial charge is 0.331 e. The van der Waals surface area contributed by atoms with Crippen molar-refractivity contribution in [2.24, 2.45) is 0 Å². The van der Waals surface area contributed by atoms with Crippen LogP contribution in [0, 0.1) is 28.5 Å². The number of ether oxygens (including phenoxy) is 1. The fourth-order valence-corrected chi connectivity index (χ4v) is 5.31. The van der Waals surface area contributed by atoms with Gasteiger partial charge in [0.15, 0.2) is 11.6 Å². The summed E-state index contributed by atoms with van der Waals surface area (Å²) < 4.78 is 21.9. The molecular weight excluding hydrogens is 461 g/mol. The number of carbonyl (C=O) groups excluding carboxylic acids is 1. The van der Waals surface area contributed by atoms with E-state index in [1.54, 1.807) is 6.07 Å². The van der Waals surface area contributed by atoms with E-state index in [1.807, 2.05) is 12.1 Å². The minimum Gasteiger partial charge on any atom is -0.494 e. The predicted molar refractivity (Wildman–Crippen MR) is 123 cm³/mol. The zero-order chi connectivity index (χ0) is 24.4. The molecule has 1 fully saturated rings. The highest BCUT2D eigenvalue weighted by Gasteiger charge is 2.26. The van der Waals surface area contributed by atoms with E-state index in [0.717, 1.165) is 22.0 Å². The molecule has 0 saturated carbocycles. The number of amides is 1. The summed E-state index contributed by atoms with van der Waals surface area (Å²) in [5, 5.41) is 21.4. The predicted octanol–water partition coefficient (Wildman–Crippen LogP) is 2.67. The number of nitrogens with one attached hydrogen (secondary N) is 1. The van der Waals surface area contributed by atoms with E-state index in [2.05, 4.69) is 5.32 Å². The van der Waals surface area contributed by atoms with E-state index in [0.29, 0.717) is 35.3 Å². The summed E-state index contributed by atoms with van der Waals surface area (Å²) in [4.78, 5) is 39.5. The minimum absolute atomic E-state index is 0.00484. The first-order valence-corrected chi connectivity index (χ1v) is 11.4. The molecule has 1 saturated heterocycles. The van der Waals surface area contributed by atoms with Gasteiger partial charge in [-0.1, -0.05) is 0 Å². The number of nitrogens with zero attached hydrogens (tertiary/aromatic N) is 4. The molecule has 1 aliphatic heterocycles. The zero-order valence-corrected chi connectivity index (χ0v) is 19.1. The van der Waals surface area contributed by atoms with Crippen molar-refractivity contribution in [3.8, 4) is 28.3 Å². The van der Waals surface area contributed by atoms with Gasteiger partial charge in [0, 0.05) is 30.0 Å². The number of thiophene rings is 1. The van der Waals surface area contributed by atoms with Crippen LogP contribution in [0.2, 0.25) is 0 Å². The van der Waals surface area contributed by atoms with Gasteiger partial charge in [-0.05, 0) is 31.0 Å². The van der Waals surface area contributed by atoms with Crippen LogP contribution in [0.1, 0.15) is 37.3 Å². The zero-order valence-electron chi connectivity index (χ0n) is 18.3. The lowest BCUT2D eigenvalue weighted by atomic mass is 10.1. The van der Waals surface area contributed by atoms with Gasteiger partial charge < -0.3 is 10.1 Å². The average molecular weight is 482 g/mol. The molecule has 1 aliphatic rings. The van der Waals surface area contributed by atoms with Crippen molar-refractivity contribution < 1.29 is 13.9 Å². The highest BCUT2D eigenvalue weighted by molar-refractivity contribution is 7.22. The number of methoxy groups -OCH3 is 1. The molecule has 174 valence electrons. The third-order valence-electron chi connectivity index (χ3n) is 5.80. The van der Waals surface area contributed by atoms with Crippen LogP contribution >= 0.6 is 11.3 Å². The van der Waals surface area contributed by atoms with Crippen LogP contribution in [0.5, 0.6) is 5.75 Å². The Morgan fingerprint density at radius 3 is 2.76 bits per heavy atom. The molecule has 1 N–H and O–H groups in total. The fraction of sp³-hybridized carbons (Fsp3) is 0.348. The Balaban J connectivity index is 1.99. The molecule has 1 aromatic carbocycles. The van der Waals surface area contributed by atoms with Gasteiger partial charge in [-0.3, -0.25) is 18.7 Å². The number of rotatable bonds is 5. The maximum Gasteiger partial charge on any atom is 0.331 e. The molecule has 9 nitrogen and oxygen atoms in total. The van der Waals surface area contributed by atoms with E-state index < -0.39 is 23.1 Å². The van der Waals surface area contributed by atoms with E-state index in [1.165, 1.54) is 17.7 Å². The van der Waals surface area contributed by atoms with Crippen molar-refractivity contribution >= 4 is 27.5 Å². The number of benzene rings is 1. The van der Waals surface area contributed by atoms with Crippen LogP contribution in [0.25, 0.3) is 20.7 Å². The van der Waals surface area contributed by atoms with Crippen molar-refractivity contribution in [2.45, 2.75) is 38.3 Å². The highest BCUT2D eigenvalue weighted by Crippen LogP contribution is 2.36. The summed E-state index contributed by atoms with van der Waals surface area (Å²) in [5.41, 5.74) is -0.380. The largest absolute Gasteiger partial charge is 0.494 e. The van der Waals surface area contributed by atoms with E-state index in [9.17, 15) is 24.0 Å². The number of halogens is 1. The van der Waals surface area contributed by atoms with Crippen molar-refractivity contribution in [3.05, 3.63) is 50.4 Å². The summed E-state index contributed by atoms with van der Waals surface area (Å²) in [6.07, 6.45) is 1.14. The maximum atomic E-state index is 14.1. The Hall–Kier alpha value is -3.96. The molecule has 4 rings (SSSR count).